The van der Waals surface area contributed by atoms with Crippen LogP contribution in [0.25, 0.3) is 0 Å². The van der Waals surface area contributed by atoms with Gasteiger partial charge in [-0.1, -0.05) is 0 Å². The van der Waals surface area contributed by atoms with Crippen molar-refractivity contribution in [3.8, 4) is 6.07 Å². The SMILES string of the molecule is CON1CCC(C(O)C#N)CC1. The fraction of sp³-hybridized carbons (Fsp3) is 0.875. The summed E-state index contributed by atoms with van der Waals surface area (Å²) in [5.74, 6) is 0.126. The Morgan fingerprint density at radius 1 is 1.58 bits per heavy atom. The van der Waals surface area contributed by atoms with Crippen molar-refractivity contribution in [2.24, 2.45) is 5.92 Å². The highest BCUT2D eigenvalue weighted by Gasteiger charge is 2.24. The largest absolute Gasteiger partial charge is 0.378 e. The smallest absolute Gasteiger partial charge is 0.143 e. The van der Waals surface area contributed by atoms with Crippen molar-refractivity contribution in [3.05, 3.63) is 0 Å². The Bertz CT molecular complexity index is 170. The number of aliphatic hydroxyl groups excluding tert-OH is 1. The summed E-state index contributed by atoms with van der Waals surface area (Å²) in [7, 11) is 1.64. The number of hydrogen-bond acceptors (Lipinski definition) is 4. The minimum Gasteiger partial charge on any atom is -0.378 e. The van der Waals surface area contributed by atoms with E-state index in [0.717, 1.165) is 25.9 Å². The van der Waals surface area contributed by atoms with E-state index in [1.165, 1.54) is 0 Å². The van der Waals surface area contributed by atoms with Gasteiger partial charge in [-0.05, 0) is 12.8 Å². The molecule has 4 heteroatoms. The van der Waals surface area contributed by atoms with Crippen molar-refractivity contribution in [1.82, 2.24) is 5.06 Å². The second-order valence-corrected chi connectivity index (χ2v) is 3.02. The maximum Gasteiger partial charge on any atom is 0.143 e. The van der Waals surface area contributed by atoms with Gasteiger partial charge in [-0.3, -0.25) is 0 Å². The van der Waals surface area contributed by atoms with Crippen LogP contribution in [0.5, 0.6) is 0 Å². The van der Waals surface area contributed by atoms with Gasteiger partial charge in [0.25, 0.3) is 0 Å². The Morgan fingerprint density at radius 2 is 2.17 bits per heavy atom. The van der Waals surface area contributed by atoms with Gasteiger partial charge >= 0.3 is 0 Å². The molecule has 12 heavy (non-hydrogen) atoms. The minimum absolute atomic E-state index is 0.126. The Kier molecular flexibility index (Phi) is 3.48. The molecule has 1 N–H and O–H groups in total. The summed E-state index contributed by atoms with van der Waals surface area (Å²) in [4.78, 5) is 5.02. The fourth-order valence-electron chi connectivity index (χ4n) is 1.48. The maximum atomic E-state index is 9.22. The zero-order valence-electron chi connectivity index (χ0n) is 7.23. The third kappa shape index (κ3) is 2.18. The number of hydroxylamine groups is 2. The molecule has 1 fully saturated rings. The first kappa shape index (κ1) is 9.46. The van der Waals surface area contributed by atoms with Crippen LogP contribution in [0, 0.1) is 17.2 Å². The van der Waals surface area contributed by atoms with E-state index in [9.17, 15) is 5.11 Å². The first-order valence-electron chi connectivity index (χ1n) is 4.14. The molecule has 1 unspecified atom stereocenters. The van der Waals surface area contributed by atoms with Gasteiger partial charge in [0.15, 0.2) is 0 Å². The summed E-state index contributed by atoms with van der Waals surface area (Å²) < 4.78 is 0. The number of piperidine rings is 1. The number of rotatable bonds is 2. The van der Waals surface area contributed by atoms with Crippen molar-refractivity contribution in [1.29, 1.82) is 5.26 Å². The van der Waals surface area contributed by atoms with Crippen molar-refractivity contribution < 1.29 is 9.94 Å². The van der Waals surface area contributed by atoms with Crippen molar-refractivity contribution >= 4 is 0 Å². The van der Waals surface area contributed by atoms with Gasteiger partial charge in [-0.2, -0.15) is 10.3 Å². The average molecular weight is 170 g/mol. The standard InChI is InChI=1S/C8H14N2O2/c1-12-10-4-2-7(3-5-10)8(11)6-9/h7-8,11H,2-5H2,1H3. The predicted molar refractivity (Wildman–Crippen MR) is 42.9 cm³/mol. The lowest BCUT2D eigenvalue weighted by atomic mass is 9.93. The van der Waals surface area contributed by atoms with Crippen molar-refractivity contribution in [2.45, 2.75) is 18.9 Å². The average Bonchev–Trinajstić information content (AvgIpc) is 2.17. The van der Waals surface area contributed by atoms with Gasteiger partial charge in [-0.25, -0.2) is 0 Å². The van der Waals surface area contributed by atoms with Crippen LogP contribution in [0.4, 0.5) is 0 Å². The first-order valence-corrected chi connectivity index (χ1v) is 4.14. The molecule has 0 spiro atoms. The second-order valence-electron chi connectivity index (χ2n) is 3.02. The molecule has 0 aliphatic carbocycles. The second kappa shape index (κ2) is 4.41. The highest BCUT2D eigenvalue weighted by molar-refractivity contribution is 4.89. The first-order chi connectivity index (χ1) is 5.77. The maximum absolute atomic E-state index is 9.22. The summed E-state index contributed by atoms with van der Waals surface area (Å²) in [6, 6.07) is 1.86. The molecule has 1 atom stereocenters. The monoisotopic (exact) mass is 170 g/mol. The topological polar surface area (TPSA) is 56.5 Å². The Morgan fingerprint density at radius 3 is 2.58 bits per heavy atom. The van der Waals surface area contributed by atoms with Gasteiger partial charge < -0.3 is 9.94 Å². The lowest BCUT2D eigenvalue weighted by molar-refractivity contribution is -0.151. The quantitative estimate of drug-likeness (QED) is 0.599. The van der Waals surface area contributed by atoms with Crippen LogP contribution < -0.4 is 0 Å². The molecule has 0 bridgehead atoms. The van der Waals surface area contributed by atoms with Crippen molar-refractivity contribution in [2.75, 3.05) is 20.2 Å². The van der Waals surface area contributed by atoms with Gasteiger partial charge in [0.1, 0.15) is 6.10 Å². The van der Waals surface area contributed by atoms with Crippen LogP contribution in [0.1, 0.15) is 12.8 Å². The van der Waals surface area contributed by atoms with Crippen LogP contribution in [0.15, 0.2) is 0 Å². The Labute approximate surface area is 72.3 Å². The third-order valence-electron chi connectivity index (χ3n) is 2.34. The van der Waals surface area contributed by atoms with E-state index < -0.39 is 6.10 Å². The zero-order chi connectivity index (χ0) is 8.97. The molecule has 1 aliphatic heterocycles. The summed E-state index contributed by atoms with van der Waals surface area (Å²) in [6.07, 6.45) is 0.870. The van der Waals surface area contributed by atoms with Crippen molar-refractivity contribution in [3.63, 3.8) is 0 Å². The predicted octanol–water partition coefficient (Wildman–Crippen LogP) is 0.144. The number of nitriles is 1. The minimum atomic E-state index is -0.802. The molecule has 1 saturated heterocycles. The van der Waals surface area contributed by atoms with E-state index in [2.05, 4.69) is 0 Å². The highest BCUT2D eigenvalue weighted by Crippen LogP contribution is 2.19. The molecule has 0 amide bonds. The van der Waals surface area contributed by atoms with E-state index in [4.69, 9.17) is 10.1 Å². The molecule has 0 saturated carbocycles. The molecule has 68 valence electrons. The molecular weight excluding hydrogens is 156 g/mol. The van der Waals surface area contributed by atoms with Crippen LogP contribution in [-0.2, 0) is 4.84 Å². The molecule has 1 heterocycles. The number of hydrogen-bond donors (Lipinski definition) is 1. The zero-order valence-corrected chi connectivity index (χ0v) is 7.23. The normalized spacial score (nSPS) is 23.4. The van der Waals surface area contributed by atoms with Crippen LogP contribution >= 0.6 is 0 Å². The van der Waals surface area contributed by atoms with Crippen LogP contribution in [0.3, 0.4) is 0 Å². The van der Waals surface area contributed by atoms with Crippen LogP contribution in [0.2, 0.25) is 0 Å². The van der Waals surface area contributed by atoms with E-state index in [0.29, 0.717) is 0 Å². The summed E-state index contributed by atoms with van der Waals surface area (Å²) in [5, 5.41) is 19.5. The van der Waals surface area contributed by atoms with Gasteiger partial charge in [0.2, 0.25) is 0 Å². The van der Waals surface area contributed by atoms with Gasteiger partial charge in [0.05, 0.1) is 13.2 Å². The highest BCUT2D eigenvalue weighted by atomic mass is 16.7. The van der Waals surface area contributed by atoms with Gasteiger partial charge in [-0.15, -0.1) is 0 Å². The number of nitrogens with zero attached hydrogens (tertiary/aromatic N) is 2. The Balaban J connectivity index is 2.31. The van der Waals surface area contributed by atoms with Gasteiger partial charge in [0, 0.05) is 19.0 Å². The Hall–Kier alpha value is -0.630. The fourth-order valence-corrected chi connectivity index (χ4v) is 1.48. The van der Waals surface area contributed by atoms with E-state index in [1.807, 2.05) is 11.1 Å². The summed E-state index contributed by atoms with van der Waals surface area (Å²) in [6.45, 7) is 1.61. The molecule has 0 aromatic carbocycles. The van der Waals surface area contributed by atoms with Crippen LogP contribution in [-0.4, -0.2) is 36.5 Å². The van der Waals surface area contributed by atoms with E-state index in [1.54, 1.807) is 7.11 Å². The summed E-state index contributed by atoms with van der Waals surface area (Å²) in [5.41, 5.74) is 0. The molecule has 1 aliphatic rings. The third-order valence-corrected chi connectivity index (χ3v) is 2.34. The molecule has 1 rings (SSSR count). The van der Waals surface area contributed by atoms with E-state index in [-0.39, 0.29) is 5.92 Å². The summed E-state index contributed by atoms with van der Waals surface area (Å²) >= 11 is 0. The number of aliphatic hydroxyl groups is 1. The lowest BCUT2D eigenvalue weighted by Crippen LogP contribution is -2.36. The molecule has 0 radical (unpaired) electrons. The van der Waals surface area contributed by atoms with E-state index >= 15 is 0 Å². The molecule has 0 aromatic heterocycles. The molecule has 4 nitrogen and oxygen atoms in total. The molecule has 0 aromatic rings. The molecular formula is C8H14N2O2. The lowest BCUT2D eigenvalue weighted by Gasteiger charge is -2.30.